The lowest BCUT2D eigenvalue weighted by Crippen LogP contribution is -2.22. The summed E-state index contributed by atoms with van der Waals surface area (Å²) in [7, 11) is 0. The van der Waals surface area contributed by atoms with Crippen LogP contribution in [0.1, 0.15) is 0 Å². The predicted molar refractivity (Wildman–Crippen MR) is 47.3 cm³/mol. The second-order valence-electron chi connectivity index (χ2n) is 2.46. The van der Waals surface area contributed by atoms with Crippen molar-refractivity contribution < 1.29 is 0 Å². The van der Waals surface area contributed by atoms with Crippen molar-refractivity contribution in [3.05, 3.63) is 52.6 Å². The molecule has 0 fully saturated rings. The number of benzene rings is 1. The molecular weight excluding hydrogens is 132 g/mol. The first-order valence-corrected chi connectivity index (χ1v) is 3.65. The van der Waals surface area contributed by atoms with Crippen LogP contribution in [-0.4, -0.2) is 0 Å². The van der Waals surface area contributed by atoms with Crippen LogP contribution >= 0.6 is 0 Å². The van der Waals surface area contributed by atoms with E-state index in [0.717, 1.165) is 0 Å². The zero-order valence-electron chi connectivity index (χ0n) is 6.12. The van der Waals surface area contributed by atoms with E-state index in [0.29, 0.717) is 0 Å². The van der Waals surface area contributed by atoms with Crippen LogP contribution in [0, 0.1) is 0 Å². The summed E-state index contributed by atoms with van der Waals surface area (Å²) in [5.74, 6) is 0. The van der Waals surface area contributed by atoms with E-state index in [-0.39, 0.29) is 0 Å². The van der Waals surface area contributed by atoms with E-state index in [9.17, 15) is 0 Å². The largest absolute Gasteiger partial charge is 0.121 e. The summed E-state index contributed by atoms with van der Waals surface area (Å²) >= 11 is 0. The third kappa shape index (κ3) is 1.17. The van der Waals surface area contributed by atoms with Gasteiger partial charge in [0, 0.05) is 0 Å². The molecule has 0 amide bonds. The van der Waals surface area contributed by atoms with Gasteiger partial charge in [0.25, 0.3) is 0 Å². The molecule has 1 aliphatic rings. The zero-order chi connectivity index (χ0) is 7.52. The molecule has 0 aliphatic heterocycles. The van der Waals surface area contributed by atoms with E-state index in [1.807, 2.05) is 24.3 Å². The van der Waals surface area contributed by atoms with Gasteiger partial charge in [-0.25, -0.2) is 0 Å². The van der Waals surface area contributed by atoms with Crippen molar-refractivity contribution in [3.8, 4) is 0 Å². The number of hydrogen-bond donors (Lipinski definition) is 0. The summed E-state index contributed by atoms with van der Waals surface area (Å²) in [6.45, 7) is 0. The van der Waals surface area contributed by atoms with Gasteiger partial charge < -0.3 is 0 Å². The standard InChI is InChI=1S/C11H8/c1-2-6-10-8-4-5-9-11(10)7-3-1/h2-9H. The lowest BCUT2D eigenvalue weighted by molar-refractivity contribution is 1.53. The summed E-state index contributed by atoms with van der Waals surface area (Å²) in [5, 5.41) is 2.52. The normalized spacial score (nSPS) is 12.7. The van der Waals surface area contributed by atoms with Crippen LogP contribution in [0.2, 0.25) is 0 Å². The van der Waals surface area contributed by atoms with E-state index in [4.69, 9.17) is 0 Å². The molecule has 0 saturated carbocycles. The Morgan fingerprint density at radius 3 is 1.91 bits per heavy atom. The van der Waals surface area contributed by atoms with Crippen LogP contribution in [0.4, 0.5) is 0 Å². The Morgan fingerprint density at radius 1 is 0.818 bits per heavy atom. The molecule has 0 unspecified atom stereocenters. The molecule has 0 heteroatoms. The molecule has 11 heavy (non-hydrogen) atoms. The molecule has 0 bridgehead atoms. The molecule has 52 valence electrons. The van der Waals surface area contributed by atoms with Crippen molar-refractivity contribution in [2.24, 2.45) is 0 Å². The van der Waals surface area contributed by atoms with E-state index in [2.05, 4.69) is 30.0 Å². The fourth-order valence-corrected chi connectivity index (χ4v) is 1.15. The average Bonchev–Trinajstić information content (AvgIpc) is 2.28. The molecule has 0 spiro atoms. The van der Waals surface area contributed by atoms with E-state index in [1.54, 1.807) is 0 Å². The van der Waals surface area contributed by atoms with E-state index in [1.165, 1.54) is 10.4 Å². The number of allylic oxidation sites excluding steroid dienone is 1. The van der Waals surface area contributed by atoms with Crippen molar-refractivity contribution in [1.29, 1.82) is 0 Å². The maximum Gasteiger partial charge on any atom is -0.0178 e. The molecule has 0 radical (unpaired) electrons. The maximum atomic E-state index is 3.03. The van der Waals surface area contributed by atoms with Gasteiger partial charge in [0.15, 0.2) is 0 Å². The molecule has 0 nitrogen and oxygen atoms in total. The fraction of sp³-hybridized carbons (Fsp3) is 0. The molecule has 0 aromatic heterocycles. The topological polar surface area (TPSA) is 0 Å². The predicted octanol–water partition coefficient (Wildman–Crippen LogP) is 0.973. The maximum absolute atomic E-state index is 3.03. The first-order chi connectivity index (χ1) is 5.47. The second kappa shape index (κ2) is 2.61. The van der Waals surface area contributed by atoms with Gasteiger partial charge in [0.1, 0.15) is 0 Å². The minimum Gasteiger partial charge on any atom is -0.121 e. The van der Waals surface area contributed by atoms with Gasteiger partial charge in [0.05, 0.1) is 0 Å². The Kier molecular flexibility index (Phi) is 1.47. The number of hydrogen-bond acceptors (Lipinski definition) is 0. The Labute approximate surface area is 65.5 Å². The highest BCUT2D eigenvalue weighted by Gasteiger charge is 1.81. The van der Waals surface area contributed by atoms with Crippen LogP contribution < -0.4 is 10.4 Å². The SMILES string of the molecule is C1=CC=c2ccccc2=CC=1. The smallest absolute Gasteiger partial charge is 0.0178 e. The average molecular weight is 140 g/mol. The third-order valence-corrected chi connectivity index (χ3v) is 1.71. The Hall–Kier alpha value is -1.52. The first kappa shape index (κ1) is 6.21. The molecule has 1 aliphatic carbocycles. The lowest BCUT2D eigenvalue weighted by atomic mass is 10.2. The monoisotopic (exact) mass is 140 g/mol. The quantitative estimate of drug-likeness (QED) is 0.471. The summed E-state index contributed by atoms with van der Waals surface area (Å²) in [4.78, 5) is 0. The molecule has 1 aromatic carbocycles. The summed E-state index contributed by atoms with van der Waals surface area (Å²) in [5.41, 5.74) is 3.03. The van der Waals surface area contributed by atoms with Gasteiger partial charge in [-0.05, 0) is 34.7 Å². The molecule has 0 saturated heterocycles. The number of rotatable bonds is 0. The Bertz CT molecular complexity index is 390. The van der Waals surface area contributed by atoms with Gasteiger partial charge in [-0.3, -0.25) is 0 Å². The van der Waals surface area contributed by atoms with Crippen LogP contribution in [0.3, 0.4) is 0 Å². The van der Waals surface area contributed by atoms with Crippen molar-refractivity contribution in [1.82, 2.24) is 0 Å². The van der Waals surface area contributed by atoms with Crippen LogP contribution in [0.5, 0.6) is 0 Å². The zero-order valence-corrected chi connectivity index (χ0v) is 6.12. The molecule has 0 N–H and O–H groups in total. The minimum atomic E-state index is 1.26. The van der Waals surface area contributed by atoms with Crippen molar-refractivity contribution >= 4 is 12.2 Å². The van der Waals surface area contributed by atoms with Crippen LogP contribution in [0.15, 0.2) is 42.1 Å². The highest BCUT2D eigenvalue weighted by atomic mass is 13.9. The van der Waals surface area contributed by atoms with Crippen molar-refractivity contribution in [3.63, 3.8) is 0 Å². The Morgan fingerprint density at radius 2 is 1.36 bits per heavy atom. The summed E-state index contributed by atoms with van der Waals surface area (Å²) < 4.78 is 0. The van der Waals surface area contributed by atoms with E-state index >= 15 is 0 Å². The van der Waals surface area contributed by atoms with Gasteiger partial charge in [0.2, 0.25) is 0 Å². The molecule has 2 rings (SSSR count). The minimum absolute atomic E-state index is 1.26. The second-order valence-corrected chi connectivity index (χ2v) is 2.46. The molecule has 1 aromatic rings. The highest BCUT2D eigenvalue weighted by Crippen LogP contribution is 1.79. The van der Waals surface area contributed by atoms with E-state index < -0.39 is 0 Å². The summed E-state index contributed by atoms with van der Waals surface area (Å²) in [6.07, 6.45) is 8.00. The van der Waals surface area contributed by atoms with Gasteiger partial charge in [-0.1, -0.05) is 24.3 Å². The lowest BCUT2D eigenvalue weighted by Gasteiger charge is -1.84. The third-order valence-electron chi connectivity index (χ3n) is 1.71. The van der Waals surface area contributed by atoms with Gasteiger partial charge >= 0.3 is 0 Å². The van der Waals surface area contributed by atoms with Gasteiger partial charge in [-0.15, -0.1) is 5.73 Å². The van der Waals surface area contributed by atoms with Crippen molar-refractivity contribution in [2.75, 3.05) is 0 Å². The Balaban J connectivity index is 2.91. The number of fused-ring (bicyclic) bond motifs is 1. The first-order valence-electron chi connectivity index (χ1n) is 3.65. The molecule has 0 heterocycles. The van der Waals surface area contributed by atoms with Crippen molar-refractivity contribution in [2.45, 2.75) is 0 Å². The molecule has 0 atom stereocenters. The summed E-state index contributed by atoms with van der Waals surface area (Å²) in [6, 6.07) is 8.29. The van der Waals surface area contributed by atoms with Crippen LogP contribution in [0.25, 0.3) is 12.2 Å². The highest BCUT2D eigenvalue weighted by molar-refractivity contribution is 5.47. The fourth-order valence-electron chi connectivity index (χ4n) is 1.15. The molecular formula is C11H8. The van der Waals surface area contributed by atoms with Gasteiger partial charge in [-0.2, -0.15) is 0 Å². The van der Waals surface area contributed by atoms with Crippen LogP contribution in [-0.2, 0) is 0 Å².